The Balaban J connectivity index is 2.27. The molecule has 0 bridgehead atoms. The molecule has 0 amide bonds. The summed E-state index contributed by atoms with van der Waals surface area (Å²) in [6.45, 7) is 4.31. The summed E-state index contributed by atoms with van der Waals surface area (Å²) in [6, 6.07) is 2.08. The third-order valence-electron chi connectivity index (χ3n) is 3.79. The fourth-order valence-corrected chi connectivity index (χ4v) is 2.86. The molecule has 90 valence electrons. The SMILES string of the molecule is Cc1cnc2c(c1)nc(CCl)n2C1(C)CCC1. The van der Waals surface area contributed by atoms with Crippen LogP contribution in [-0.4, -0.2) is 14.5 Å². The molecule has 3 rings (SSSR count). The lowest BCUT2D eigenvalue weighted by molar-refractivity contribution is 0.170. The zero-order valence-electron chi connectivity index (χ0n) is 10.2. The Labute approximate surface area is 106 Å². The van der Waals surface area contributed by atoms with Gasteiger partial charge in [0.15, 0.2) is 5.65 Å². The fraction of sp³-hybridized carbons (Fsp3) is 0.538. The lowest BCUT2D eigenvalue weighted by Crippen LogP contribution is -2.38. The highest BCUT2D eigenvalue weighted by molar-refractivity contribution is 6.16. The Morgan fingerprint density at radius 2 is 2.24 bits per heavy atom. The second kappa shape index (κ2) is 3.70. The second-order valence-electron chi connectivity index (χ2n) is 5.20. The van der Waals surface area contributed by atoms with E-state index in [1.165, 1.54) is 19.3 Å². The van der Waals surface area contributed by atoms with E-state index in [2.05, 4.69) is 27.5 Å². The van der Waals surface area contributed by atoms with E-state index < -0.39 is 0 Å². The Morgan fingerprint density at radius 3 is 2.82 bits per heavy atom. The lowest BCUT2D eigenvalue weighted by Gasteiger charge is -2.40. The van der Waals surface area contributed by atoms with E-state index >= 15 is 0 Å². The molecule has 17 heavy (non-hydrogen) atoms. The minimum Gasteiger partial charge on any atom is -0.306 e. The molecule has 0 aromatic carbocycles. The van der Waals surface area contributed by atoms with E-state index in [4.69, 9.17) is 11.6 Å². The third kappa shape index (κ3) is 1.56. The molecule has 0 radical (unpaired) electrons. The van der Waals surface area contributed by atoms with Gasteiger partial charge in [-0.05, 0) is 44.7 Å². The van der Waals surface area contributed by atoms with Crippen molar-refractivity contribution in [2.45, 2.75) is 44.5 Å². The highest BCUT2D eigenvalue weighted by Crippen LogP contribution is 2.41. The van der Waals surface area contributed by atoms with Crippen molar-refractivity contribution >= 4 is 22.8 Å². The molecule has 1 aliphatic rings. The van der Waals surface area contributed by atoms with Gasteiger partial charge in [0.1, 0.15) is 11.3 Å². The van der Waals surface area contributed by atoms with Crippen LogP contribution in [0.3, 0.4) is 0 Å². The molecule has 2 heterocycles. The van der Waals surface area contributed by atoms with Crippen molar-refractivity contribution in [2.75, 3.05) is 0 Å². The van der Waals surface area contributed by atoms with Gasteiger partial charge in [0.2, 0.25) is 0 Å². The standard InChI is InChI=1S/C13H16ClN3/c1-9-6-10-12(15-8-9)17(11(7-14)16-10)13(2)4-3-5-13/h6,8H,3-5,7H2,1-2H3. The van der Waals surface area contributed by atoms with Crippen molar-refractivity contribution in [3.05, 3.63) is 23.7 Å². The number of hydrogen-bond donors (Lipinski definition) is 0. The zero-order valence-corrected chi connectivity index (χ0v) is 11.0. The maximum Gasteiger partial charge on any atom is 0.160 e. The molecule has 0 N–H and O–H groups in total. The molecule has 1 aliphatic carbocycles. The van der Waals surface area contributed by atoms with E-state index in [1.807, 2.05) is 13.1 Å². The van der Waals surface area contributed by atoms with E-state index in [9.17, 15) is 0 Å². The molecule has 2 aromatic heterocycles. The number of fused-ring (bicyclic) bond motifs is 1. The molecule has 1 fully saturated rings. The minimum atomic E-state index is 0.168. The number of imidazole rings is 1. The molecular formula is C13H16ClN3. The number of hydrogen-bond acceptors (Lipinski definition) is 2. The predicted molar refractivity (Wildman–Crippen MR) is 69.3 cm³/mol. The van der Waals surface area contributed by atoms with Crippen molar-refractivity contribution in [1.82, 2.24) is 14.5 Å². The van der Waals surface area contributed by atoms with Gasteiger partial charge in [0.25, 0.3) is 0 Å². The number of aryl methyl sites for hydroxylation is 1. The van der Waals surface area contributed by atoms with Crippen LogP contribution >= 0.6 is 11.6 Å². The molecule has 0 atom stereocenters. The summed E-state index contributed by atoms with van der Waals surface area (Å²) in [6.07, 6.45) is 5.57. The van der Waals surface area contributed by atoms with Gasteiger partial charge in [-0.3, -0.25) is 0 Å². The first-order valence-corrected chi connectivity index (χ1v) is 6.58. The topological polar surface area (TPSA) is 30.7 Å². The molecule has 4 heteroatoms. The molecule has 0 spiro atoms. The molecule has 0 saturated heterocycles. The average molecular weight is 250 g/mol. The zero-order chi connectivity index (χ0) is 12.0. The van der Waals surface area contributed by atoms with Crippen molar-refractivity contribution in [2.24, 2.45) is 0 Å². The fourth-order valence-electron chi connectivity index (χ4n) is 2.68. The van der Waals surface area contributed by atoms with Crippen molar-refractivity contribution < 1.29 is 0 Å². The number of pyridine rings is 1. The van der Waals surface area contributed by atoms with Crippen molar-refractivity contribution in [3.8, 4) is 0 Å². The molecule has 0 unspecified atom stereocenters. The summed E-state index contributed by atoms with van der Waals surface area (Å²) < 4.78 is 2.25. The Morgan fingerprint density at radius 1 is 1.47 bits per heavy atom. The number of rotatable bonds is 2. The van der Waals surface area contributed by atoms with Gasteiger partial charge in [-0.1, -0.05) is 0 Å². The van der Waals surface area contributed by atoms with Gasteiger partial charge in [0, 0.05) is 11.7 Å². The number of aromatic nitrogens is 3. The van der Waals surface area contributed by atoms with Gasteiger partial charge >= 0.3 is 0 Å². The van der Waals surface area contributed by atoms with E-state index in [0.717, 1.165) is 22.6 Å². The van der Waals surface area contributed by atoms with E-state index in [-0.39, 0.29) is 5.54 Å². The molecule has 3 nitrogen and oxygen atoms in total. The van der Waals surface area contributed by atoms with Crippen molar-refractivity contribution in [1.29, 1.82) is 0 Å². The van der Waals surface area contributed by atoms with Crippen LogP contribution in [0.4, 0.5) is 0 Å². The Bertz CT molecular complexity index is 569. The summed E-state index contributed by atoms with van der Waals surface area (Å²) in [7, 11) is 0. The Hall–Kier alpha value is -1.09. The maximum atomic E-state index is 6.02. The minimum absolute atomic E-state index is 0.168. The lowest BCUT2D eigenvalue weighted by atomic mass is 9.78. The number of nitrogens with zero attached hydrogens (tertiary/aromatic N) is 3. The predicted octanol–water partition coefficient (Wildman–Crippen LogP) is 3.38. The average Bonchev–Trinajstić information content (AvgIpc) is 2.63. The van der Waals surface area contributed by atoms with Crippen LogP contribution in [-0.2, 0) is 11.4 Å². The monoisotopic (exact) mass is 249 g/mol. The smallest absolute Gasteiger partial charge is 0.160 e. The first kappa shape index (κ1) is 11.0. The summed E-state index contributed by atoms with van der Waals surface area (Å²) in [4.78, 5) is 9.15. The highest BCUT2D eigenvalue weighted by atomic mass is 35.5. The van der Waals surface area contributed by atoms with E-state index in [0.29, 0.717) is 5.88 Å². The summed E-state index contributed by atoms with van der Waals surface area (Å²) in [5.74, 6) is 1.40. The van der Waals surface area contributed by atoms with Gasteiger partial charge in [-0.25, -0.2) is 9.97 Å². The largest absolute Gasteiger partial charge is 0.306 e. The van der Waals surface area contributed by atoms with E-state index in [1.54, 1.807) is 0 Å². The Kier molecular flexibility index (Phi) is 2.40. The first-order chi connectivity index (χ1) is 8.14. The van der Waals surface area contributed by atoms with Gasteiger partial charge in [-0.2, -0.15) is 0 Å². The normalized spacial score (nSPS) is 18.3. The summed E-state index contributed by atoms with van der Waals surface area (Å²) in [5, 5.41) is 0. The highest BCUT2D eigenvalue weighted by Gasteiger charge is 2.36. The van der Waals surface area contributed by atoms with Crippen LogP contribution in [0.5, 0.6) is 0 Å². The van der Waals surface area contributed by atoms with Crippen LogP contribution in [0.1, 0.15) is 37.6 Å². The maximum absolute atomic E-state index is 6.02. The van der Waals surface area contributed by atoms with Gasteiger partial charge in [0.05, 0.1) is 5.88 Å². The summed E-state index contributed by atoms with van der Waals surface area (Å²) in [5.41, 5.74) is 3.26. The number of halogens is 1. The molecule has 0 aliphatic heterocycles. The number of alkyl halides is 1. The molecule has 2 aromatic rings. The molecular weight excluding hydrogens is 234 g/mol. The van der Waals surface area contributed by atoms with Crippen LogP contribution in [0.15, 0.2) is 12.3 Å². The van der Waals surface area contributed by atoms with Crippen LogP contribution in [0.25, 0.3) is 11.2 Å². The quantitative estimate of drug-likeness (QED) is 0.764. The van der Waals surface area contributed by atoms with Gasteiger partial charge < -0.3 is 4.57 Å². The molecule has 1 saturated carbocycles. The second-order valence-corrected chi connectivity index (χ2v) is 5.47. The van der Waals surface area contributed by atoms with Crippen LogP contribution in [0.2, 0.25) is 0 Å². The summed E-state index contributed by atoms with van der Waals surface area (Å²) >= 11 is 6.02. The van der Waals surface area contributed by atoms with Crippen molar-refractivity contribution in [3.63, 3.8) is 0 Å². The van der Waals surface area contributed by atoms with Crippen LogP contribution < -0.4 is 0 Å². The third-order valence-corrected chi connectivity index (χ3v) is 4.03. The first-order valence-electron chi connectivity index (χ1n) is 6.04. The van der Waals surface area contributed by atoms with Gasteiger partial charge in [-0.15, -0.1) is 11.6 Å². The van der Waals surface area contributed by atoms with Crippen LogP contribution in [0, 0.1) is 6.92 Å².